The van der Waals surface area contributed by atoms with Gasteiger partial charge in [0, 0.05) is 27.3 Å². The molecule has 4 heteroatoms. The summed E-state index contributed by atoms with van der Waals surface area (Å²) < 4.78 is 10.0. The average molecular weight is 189 g/mol. The van der Waals surface area contributed by atoms with Crippen LogP contribution in [0.5, 0.6) is 0 Å². The zero-order chi connectivity index (χ0) is 10.3. The molecule has 0 saturated heterocycles. The molecule has 0 saturated carbocycles. The SMILES string of the molecule is CCOCCN(C)C(=O)C(C)OC. The molecule has 0 aliphatic carbocycles. The minimum Gasteiger partial charge on any atom is -0.380 e. The number of methoxy groups -OCH3 is 1. The second-order valence-electron chi connectivity index (χ2n) is 2.83. The maximum atomic E-state index is 11.4. The standard InChI is InChI=1S/C9H19NO3/c1-5-13-7-6-10(3)9(11)8(2)12-4/h8H,5-7H2,1-4H3. The highest BCUT2D eigenvalue weighted by Crippen LogP contribution is 1.95. The number of hydrogen-bond donors (Lipinski definition) is 0. The van der Waals surface area contributed by atoms with Crippen molar-refractivity contribution in [3.05, 3.63) is 0 Å². The summed E-state index contributed by atoms with van der Waals surface area (Å²) in [5, 5.41) is 0. The zero-order valence-corrected chi connectivity index (χ0v) is 8.87. The van der Waals surface area contributed by atoms with Crippen LogP contribution in [0.15, 0.2) is 0 Å². The Balaban J connectivity index is 3.69. The Labute approximate surface area is 79.8 Å². The van der Waals surface area contributed by atoms with Crippen LogP contribution in [-0.4, -0.2) is 50.8 Å². The normalized spacial score (nSPS) is 12.6. The molecule has 0 radical (unpaired) electrons. The van der Waals surface area contributed by atoms with Crippen LogP contribution < -0.4 is 0 Å². The fourth-order valence-electron chi connectivity index (χ4n) is 0.867. The highest BCUT2D eigenvalue weighted by molar-refractivity contribution is 5.80. The first-order chi connectivity index (χ1) is 6.13. The van der Waals surface area contributed by atoms with Gasteiger partial charge in [-0.2, -0.15) is 0 Å². The first-order valence-electron chi connectivity index (χ1n) is 4.49. The number of ether oxygens (including phenoxy) is 2. The maximum Gasteiger partial charge on any atom is 0.251 e. The minimum atomic E-state index is -0.369. The van der Waals surface area contributed by atoms with E-state index in [1.54, 1.807) is 18.9 Å². The topological polar surface area (TPSA) is 38.8 Å². The molecule has 0 heterocycles. The Kier molecular flexibility index (Phi) is 6.54. The number of nitrogens with zero attached hydrogens (tertiary/aromatic N) is 1. The molecule has 0 bridgehead atoms. The number of carbonyl (C=O) groups is 1. The fourth-order valence-corrected chi connectivity index (χ4v) is 0.867. The molecule has 4 nitrogen and oxygen atoms in total. The van der Waals surface area contributed by atoms with Gasteiger partial charge in [0.05, 0.1) is 6.61 Å². The van der Waals surface area contributed by atoms with E-state index < -0.39 is 0 Å². The molecule has 0 rings (SSSR count). The summed E-state index contributed by atoms with van der Waals surface area (Å²) in [4.78, 5) is 13.0. The summed E-state index contributed by atoms with van der Waals surface area (Å²) in [5.74, 6) is -0.0118. The smallest absolute Gasteiger partial charge is 0.251 e. The Hall–Kier alpha value is -0.610. The number of amides is 1. The van der Waals surface area contributed by atoms with Gasteiger partial charge in [-0.25, -0.2) is 0 Å². The van der Waals surface area contributed by atoms with Crippen molar-refractivity contribution in [1.29, 1.82) is 0 Å². The van der Waals surface area contributed by atoms with Crippen molar-refractivity contribution in [1.82, 2.24) is 4.90 Å². The quantitative estimate of drug-likeness (QED) is 0.572. The Morgan fingerprint density at radius 3 is 2.62 bits per heavy atom. The molecule has 1 amide bonds. The van der Waals surface area contributed by atoms with Gasteiger partial charge in [0.15, 0.2) is 0 Å². The molecule has 0 aromatic rings. The second-order valence-corrected chi connectivity index (χ2v) is 2.83. The highest BCUT2D eigenvalue weighted by Gasteiger charge is 2.15. The molecule has 0 aromatic heterocycles. The van der Waals surface area contributed by atoms with Gasteiger partial charge in [-0.1, -0.05) is 0 Å². The summed E-state index contributed by atoms with van der Waals surface area (Å²) in [6.07, 6.45) is -0.369. The predicted molar refractivity (Wildman–Crippen MR) is 50.6 cm³/mol. The van der Waals surface area contributed by atoms with E-state index in [0.29, 0.717) is 19.8 Å². The summed E-state index contributed by atoms with van der Waals surface area (Å²) in [6.45, 7) is 5.54. The molecule has 0 aliphatic rings. The van der Waals surface area contributed by atoms with Crippen LogP contribution in [0.3, 0.4) is 0 Å². The van der Waals surface area contributed by atoms with Crippen molar-refractivity contribution in [3.63, 3.8) is 0 Å². The van der Waals surface area contributed by atoms with Crippen molar-refractivity contribution >= 4 is 5.91 Å². The first-order valence-corrected chi connectivity index (χ1v) is 4.49. The van der Waals surface area contributed by atoms with Crippen molar-refractivity contribution in [2.24, 2.45) is 0 Å². The lowest BCUT2D eigenvalue weighted by atomic mass is 10.3. The molecule has 0 aliphatic heterocycles. The van der Waals surface area contributed by atoms with Crippen LogP contribution in [0, 0.1) is 0 Å². The van der Waals surface area contributed by atoms with Gasteiger partial charge in [0.1, 0.15) is 6.10 Å². The van der Waals surface area contributed by atoms with Crippen molar-refractivity contribution in [2.75, 3.05) is 33.9 Å². The molecule has 0 aromatic carbocycles. The van der Waals surface area contributed by atoms with E-state index in [4.69, 9.17) is 9.47 Å². The van der Waals surface area contributed by atoms with Gasteiger partial charge in [-0.05, 0) is 13.8 Å². The van der Waals surface area contributed by atoms with Crippen LogP contribution in [-0.2, 0) is 14.3 Å². The van der Waals surface area contributed by atoms with Crippen LogP contribution in [0.1, 0.15) is 13.8 Å². The van der Waals surface area contributed by atoms with E-state index in [1.165, 1.54) is 7.11 Å². The molecular formula is C9H19NO3. The third kappa shape index (κ3) is 4.85. The fraction of sp³-hybridized carbons (Fsp3) is 0.889. The van der Waals surface area contributed by atoms with Gasteiger partial charge in [0.2, 0.25) is 0 Å². The van der Waals surface area contributed by atoms with Gasteiger partial charge >= 0.3 is 0 Å². The van der Waals surface area contributed by atoms with E-state index >= 15 is 0 Å². The average Bonchev–Trinajstić information content (AvgIpc) is 2.15. The van der Waals surface area contributed by atoms with Gasteiger partial charge in [0.25, 0.3) is 5.91 Å². The lowest BCUT2D eigenvalue weighted by Gasteiger charge is -2.20. The minimum absolute atomic E-state index is 0.0118. The van der Waals surface area contributed by atoms with Crippen molar-refractivity contribution in [2.45, 2.75) is 20.0 Å². The highest BCUT2D eigenvalue weighted by atomic mass is 16.5. The van der Waals surface area contributed by atoms with Crippen LogP contribution in [0.4, 0.5) is 0 Å². The predicted octanol–water partition coefficient (Wildman–Crippen LogP) is 0.516. The van der Waals surface area contributed by atoms with Crippen molar-refractivity contribution in [3.8, 4) is 0 Å². The third-order valence-corrected chi connectivity index (χ3v) is 1.85. The molecule has 0 N–H and O–H groups in total. The van der Waals surface area contributed by atoms with Crippen LogP contribution in [0.25, 0.3) is 0 Å². The summed E-state index contributed by atoms with van der Waals surface area (Å²) in [6, 6.07) is 0. The third-order valence-electron chi connectivity index (χ3n) is 1.85. The molecule has 13 heavy (non-hydrogen) atoms. The largest absolute Gasteiger partial charge is 0.380 e. The van der Waals surface area contributed by atoms with Gasteiger partial charge in [-0.3, -0.25) is 4.79 Å². The molecule has 1 atom stereocenters. The van der Waals surface area contributed by atoms with E-state index in [0.717, 1.165) is 0 Å². The maximum absolute atomic E-state index is 11.4. The van der Waals surface area contributed by atoms with E-state index in [1.807, 2.05) is 6.92 Å². The summed E-state index contributed by atoms with van der Waals surface area (Å²) in [5.41, 5.74) is 0. The second kappa shape index (κ2) is 6.86. The molecule has 78 valence electrons. The summed E-state index contributed by atoms with van der Waals surface area (Å²) in [7, 11) is 3.27. The Morgan fingerprint density at radius 1 is 1.54 bits per heavy atom. The number of rotatable bonds is 6. The molecule has 0 spiro atoms. The molecular weight excluding hydrogens is 170 g/mol. The zero-order valence-electron chi connectivity index (χ0n) is 8.87. The van der Waals surface area contributed by atoms with Crippen LogP contribution in [0.2, 0.25) is 0 Å². The monoisotopic (exact) mass is 189 g/mol. The molecule has 0 fully saturated rings. The number of likely N-dealkylation sites (N-methyl/N-ethyl adjacent to an activating group) is 1. The van der Waals surface area contributed by atoms with Crippen LogP contribution >= 0.6 is 0 Å². The Morgan fingerprint density at radius 2 is 2.15 bits per heavy atom. The van der Waals surface area contributed by atoms with E-state index in [2.05, 4.69) is 0 Å². The first kappa shape index (κ1) is 12.4. The summed E-state index contributed by atoms with van der Waals surface area (Å²) >= 11 is 0. The Bertz CT molecular complexity index is 150. The lowest BCUT2D eigenvalue weighted by Crippen LogP contribution is -2.37. The number of carbonyl (C=O) groups excluding carboxylic acids is 1. The van der Waals surface area contributed by atoms with Gasteiger partial charge in [-0.15, -0.1) is 0 Å². The van der Waals surface area contributed by atoms with E-state index in [-0.39, 0.29) is 12.0 Å². The molecule has 1 unspecified atom stereocenters. The van der Waals surface area contributed by atoms with Gasteiger partial charge < -0.3 is 14.4 Å². The van der Waals surface area contributed by atoms with Crippen molar-refractivity contribution < 1.29 is 14.3 Å². The number of hydrogen-bond acceptors (Lipinski definition) is 3. The van der Waals surface area contributed by atoms with E-state index in [9.17, 15) is 4.79 Å². The lowest BCUT2D eigenvalue weighted by molar-refractivity contribution is -0.140.